The van der Waals surface area contributed by atoms with E-state index in [2.05, 4.69) is 169 Å². The van der Waals surface area contributed by atoms with Gasteiger partial charge in [0.1, 0.15) is 22.7 Å². The predicted molar refractivity (Wildman–Crippen MR) is 219 cm³/mol. The lowest BCUT2D eigenvalue weighted by molar-refractivity contribution is 0.424. The summed E-state index contributed by atoms with van der Waals surface area (Å²) in [4.78, 5) is 2.35. The molecule has 2 heterocycles. The normalized spacial score (nSPS) is 14.9. The lowest BCUT2D eigenvalue weighted by Crippen LogP contribution is -2.18. The SMILES string of the molecule is C1=C2Oc3ccccc3C2CC=C1N(c1ccc(-c2ccc3ccc4oc5ccccc5c4c3c2)cc1)c1ccc(-c2cccc3ccccc23)cc1. The zero-order valence-electron chi connectivity index (χ0n) is 28.9. The van der Waals surface area contributed by atoms with E-state index in [9.17, 15) is 0 Å². The van der Waals surface area contributed by atoms with Crippen molar-refractivity contribution < 1.29 is 9.15 Å². The molecule has 0 N–H and O–H groups in total. The number of rotatable bonds is 5. The highest BCUT2D eigenvalue weighted by Gasteiger charge is 2.32. The minimum absolute atomic E-state index is 0.250. The maximum atomic E-state index is 6.43. The number of fused-ring (bicyclic) bond motifs is 9. The third-order valence-electron chi connectivity index (χ3n) is 11.0. The molecular weight excluding hydrogens is 647 g/mol. The van der Waals surface area contributed by atoms with Gasteiger partial charge in [-0.05, 0) is 98.8 Å². The lowest BCUT2D eigenvalue weighted by Gasteiger charge is -2.29. The van der Waals surface area contributed by atoms with Crippen LogP contribution in [0.5, 0.6) is 5.75 Å². The van der Waals surface area contributed by atoms with Crippen molar-refractivity contribution in [2.75, 3.05) is 4.90 Å². The van der Waals surface area contributed by atoms with Crippen LogP contribution in [0.15, 0.2) is 198 Å². The molecule has 3 nitrogen and oxygen atoms in total. The van der Waals surface area contributed by atoms with Crippen molar-refractivity contribution in [3.8, 4) is 28.0 Å². The van der Waals surface area contributed by atoms with E-state index in [4.69, 9.17) is 9.15 Å². The van der Waals surface area contributed by atoms with E-state index >= 15 is 0 Å². The molecule has 0 radical (unpaired) electrons. The third-order valence-corrected chi connectivity index (χ3v) is 11.0. The maximum Gasteiger partial charge on any atom is 0.136 e. The highest BCUT2D eigenvalue weighted by atomic mass is 16.5. The van der Waals surface area contributed by atoms with E-state index in [1.165, 1.54) is 49.2 Å². The average molecular weight is 680 g/mol. The van der Waals surface area contributed by atoms with E-state index in [1.807, 2.05) is 18.2 Å². The monoisotopic (exact) mass is 679 g/mol. The van der Waals surface area contributed by atoms with E-state index in [1.54, 1.807) is 0 Å². The molecule has 0 saturated heterocycles. The van der Waals surface area contributed by atoms with Gasteiger partial charge in [0.2, 0.25) is 0 Å². The second-order valence-corrected chi connectivity index (χ2v) is 14.0. The molecule has 1 atom stereocenters. The van der Waals surface area contributed by atoms with Crippen LogP contribution in [-0.4, -0.2) is 0 Å². The van der Waals surface area contributed by atoms with Crippen LogP contribution in [-0.2, 0) is 0 Å². The molecule has 0 spiro atoms. The molecule has 0 fully saturated rings. The number of hydrogen-bond donors (Lipinski definition) is 0. The Morgan fingerprint density at radius 1 is 0.509 bits per heavy atom. The first kappa shape index (κ1) is 29.8. The van der Waals surface area contributed by atoms with Crippen LogP contribution in [0.25, 0.3) is 65.7 Å². The number of anilines is 2. The Morgan fingerprint density at radius 3 is 2.06 bits per heavy atom. The lowest BCUT2D eigenvalue weighted by atomic mass is 9.91. The van der Waals surface area contributed by atoms with Gasteiger partial charge in [-0.2, -0.15) is 0 Å². The van der Waals surface area contributed by atoms with Gasteiger partial charge in [-0.1, -0.05) is 127 Å². The first-order chi connectivity index (χ1) is 26.2. The van der Waals surface area contributed by atoms with Crippen LogP contribution in [0, 0.1) is 0 Å². The van der Waals surface area contributed by atoms with Gasteiger partial charge in [0.15, 0.2) is 0 Å². The van der Waals surface area contributed by atoms with Crippen LogP contribution in [0.2, 0.25) is 0 Å². The molecular formula is C50H33NO2. The largest absolute Gasteiger partial charge is 0.461 e. The van der Waals surface area contributed by atoms with Crippen LogP contribution in [0.1, 0.15) is 17.9 Å². The Morgan fingerprint density at radius 2 is 1.19 bits per heavy atom. The summed E-state index contributed by atoms with van der Waals surface area (Å²) in [6, 6.07) is 60.8. The van der Waals surface area contributed by atoms with Gasteiger partial charge in [-0.25, -0.2) is 0 Å². The Balaban J connectivity index is 0.992. The van der Waals surface area contributed by atoms with Crippen molar-refractivity contribution in [1.29, 1.82) is 0 Å². The molecule has 53 heavy (non-hydrogen) atoms. The minimum Gasteiger partial charge on any atom is -0.461 e. The molecule has 9 aromatic rings. The van der Waals surface area contributed by atoms with Crippen molar-refractivity contribution in [3.63, 3.8) is 0 Å². The minimum atomic E-state index is 0.250. The summed E-state index contributed by atoms with van der Waals surface area (Å²) in [7, 11) is 0. The molecule has 2 aliphatic rings. The molecule has 1 aliphatic carbocycles. The molecule has 3 heteroatoms. The number of para-hydroxylation sites is 2. The zero-order valence-corrected chi connectivity index (χ0v) is 28.9. The van der Waals surface area contributed by atoms with Gasteiger partial charge in [0.25, 0.3) is 0 Å². The predicted octanol–water partition coefficient (Wildman–Crippen LogP) is 13.7. The van der Waals surface area contributed by atoms with Gasteiger partial charge in [0, 0.05) is 45.4 Å². The van der Waals surface area contributed by atoms with E-state index in [-0.39, 0.29) is 5.92 Å². The summed E-state index contributed by atoms with van der Waals surface area (Å²) < 4.78 is 12.7. The molecule has 8 aromatic carbocycles. The topological polar surface area (TPSA) is 25.6 Å². The quantitative estimate of drug-likeness (QED) is 0.181. The molecule has 250 valence electrons. The molecule has 0 saturated carbocycles. The summed E-state index contributed by atoms with van der Waals surface area (Å²) in [6.07, 6.45) is 5.47. The van der Waals surface area contributed by atoms with Gasteiger partial charge in [0.05, 0.1) is 0 Å². The molecule has 1 aliphatic heterocycles. The fraction of sp³-hybridized carbons (Fsp3) is 0.0400. The Bertz CT molecular complexity index is 2940. The molecule has 1 unspecified atom stereocenters. The zero-order chi connectivity index (χ0) is 34.9. The number of ether oxygens (including phenoxy) is 1. The second-order valence-electron chi connectivity index (χ2n) is 14.0. The van der Waals surface area contributed by atoms with Gasteiger partial charge in [-0.3, -0.25) is 0 Å². The molecule has 1 aromatic heterocycles. The van der Waals surface area contributed by atoms with Gasteiger partial charge in [-0.15, -0.1) is 0 Å². The molecule has 0 bridgehead atoms. The fourth-order valence-corrected chi connectivity index (χ4v) is 8.43. The highest BCUT2D eigenvalue weighted by Crippen LogP contribution is 2.47. The van der Waals surface area contributed by atoms with Crippen LogP contribution in [0.4, 0.5) is 11.4 Å². The van der Waals surface area contributed by atoms with Crippen molar-refractivity contribution in [3.05, 3.63) is 199 Å². The number of allylic oxidation sites excluding steroid dienone is 3. The van der Waals surface area contributed by atoms with Crippen molar-refractivity contribution >= 4 is 54.9 Å². The number of hydrogen-bond acceptors (Lipinski definition) is 3. The smallest absolute Gasteiger partial charge is 0.136 e. The Kier molecular flexibility index (Phi) is 6.68. The standard InChI is InChI=1S/C50H33NO2/c1-2-10-40-33(8-1)9-7-13-41(40)34-20-25-38(26-21-34)51(39-27-28-43-42-11-3-5-14-46(42)53-49(43)31-39)37-23-18-32(19-24-37)36-17-16-35-22-29-48-50(45(35)30-36)44-12-4-6-15-47(44)52-48/h1-27,29-31,43H,28H2. The van der Waals surface area contributed by atoms with Crippen LogP contribution >= 0.6 is 0 Å². The fourth-order valence-electron chi connectivity index (χ4n) is 8.43. The summed E-state index contributed by atoms with van der Waals surface area (Å²) in [5.74, 6) is 2.22. The first-order valence-corrected chi connectivity index (χ1v) is 18.3. The van der Waals surface area contributed by atoms with E-state index < -0.39 is 0 Å². The van der Waals surface area contributed by atoms with Gasteiger partial charge < -0.3 is 14.1 Å². The molecule has 0 amide bonds. The summed E-state index contributed by atoms with van der Waals surface area (Å²) >= 11 is 0. The van der Waals surface area contributed by atoms with E-state index in [0.717, 1.165) is 57.1 Å². The van der Waals surface area contributed by atoms with Crippen molar-refractivity contribution in [2.45, 2.75) is 12.3 Å². The van der Waals surface area contributed by atoms with Crippen LogP contribution < -0.4 is 9.64 Å². The average Bonchev–Trinajstić information content (AvgIpc) is 3.79. The number of furan rings is 1. The summed E-state index contributed by atoms with van der Waals surface area (Å²) in [5, 5.41) is 7.23. The number of benzene rings is 8. The Hall–Kier alpha value is -6.84. The molecule has 11 rings (SSSR count). The first-order valence-electron chi connectivity index (χ1n) is 18.3. The van der Waals surface area contributed by atoms with E-state index in [0.29, 0.717) is 0 Å². The van der Waals surface area contributed by atoms with Crippen molar-refractivity contribution in [1.82, 2.24) is 0 Å². The second kappa shape index (κ2) is 11.9. The Labute approximate surface area is 307 Å². The van der Waals surface area contributed by atoms with Crippen molar-refractivity contribution in [2.24, 2.45) is 0 Å². The van der Waals surface area contributed by atoms with Crippen LogP contribution in [0.3, 0.4) is 0 Å². The maximum absolute atomic E-state index is 6.43. The van der Waals surface area contributed by atoms with Gasteiger partial charge >= 0.3 is 0 Å². The number of nitrogens with zero attached hydrogens (tertiary/aromatic N) is 1. The highest BCUT2D eigenvalue weighted by molar-refractivity contribution is 6.19. The summed E-state index contributed by atoms with van der Waals surface area (Å²) in [6.45, 7) is 0. The summed E-state index contributed by atoms with van der Waals surface area (Å²) in [5.41, 5.74) is 11.2. The third kappa shape index (κ3) is 4.89.